The van der Waals surface area contributed by atoms with Crippen molar-refractivity contribution in [2.45, 2.75) is 25.2 Å². The molecule has 0 saturated carbocycles. The molecule has 2 aromatic rings. The molecule has 0 unspecified atom stereocenters. The van der Waals surface area contributed by atoms with Crippen LogP contribution in [0.15, 0.2) is 18.3 Å². The fourth-order valence-corrected chi connectivity index (χ4v) is 2.42. The van der Waals surface area contributed by atoms with Crippen LogP contribution in [-0.2, 0) is 15.9 Å². The predicted molar refractivity (Wildman–Crippen MR) is 76.1 cm³/mol. The summed E-state index contributed by atoms with van der Waals surface area (Å²) in [4.78, 5) is 8.23. The van der Waals surface area contributed by atoms with Crippen molar-refractivity contribution >= 4 is 11.0 Å². The molecule has 7 heteroatoms. The van der Waals surface area contributed by atoms with Crippen molar-refractivity contribution in [2.24, 2.45) is 0 Å². The van der Waals surface area contributed by atoms with Crippen LogP contribution in [0.1, 0.15) is 12.0 Å². The summed E-state index contributed by atoms with van der Waals surface area (Å²) in [7, 11) is 1.49. The van der Waals surface area contributed by atoms with Crippen LogP contribution in [0.3, 0.4) is 0 Å². The highest BCUT2D eigenvalue weighted by Gasteiger charge is 2.26. The van der Waals surface area contributed by atoms with Gasteiger partial charge in [0, 0.05) is 18.1 Å². The quantitative estimate of drug-likeness (QED) is 0.921. The maximum absolute atomic E-state index is 14.1. The molecular weight excluding hydrogens is 291 g/mol. The number of fused-ring (bicyclic) bond motifs is 1. The number of ether oxygens (including phenoxy) is 3. The molecule has 0 amide bonds. The normalized spacial score (nSPS) is 17.6. The zero-order valence-electron chi connectivity index (χ0n) is 12.2. The standard InChI is InChI=1S/C15H17FN2O4/c1-20-13-4-3-11-14(18-13)9(10(16)8-17-11)7-12(19)15-21-5-2-6-22-15/h3-4,8,12,15,19H,2,5-7H2,1H3/t12-/m0/s1. The van der Waals surface area contributed by atoms with E-state index in [0.717, 1.165) is 12.6 Å². The van der Waals surface area contributed by atoms with Gasteiger partial charge in [-0.1, -0.05) is 0 Å². The fraction of sp³-hybridized carbons (Fsp3) is 0.467. The Balaban J connectivity index is 1.92. The van der Waals surface area contributed by atoms with Gasteiger partial charge >= 0.3 is 0 Å². The van der Waals surface area contributed by atoms with E-state index in [0.29, 0.717) is 30.1 Å². The Hall–Kier alpha value is -1.83. The van der Waals surface area contributed by atoms with Crippen molar-refractivity contribution < 1.29 is 23.7 Å². The Morgan fingerprint density at radius 1 is 1.41 bits per heavy atom. The molecule has 3 rings (SSSR count). The monoisotopic (exact) mass is 308 g/mol. The number of methoxy groups -OCH3 is 1. The largest absolute Gasteiger partial charge is 0.481 e. The van der Waals surface area contributed by atoms with Gasteiger partial charge in [-0.05, 0) is 12.5 Å². The van der Waals surface area contributed by atoms with E-state index in [1.54, 1.807) is 12.1 Å². The molecule has 1 fully saturated rings. The van der Waals surface area contributed by atoms with E-state index in [4.69, 9.17) is 14.2 Å². The molecule has 0 aliphatic carbocycles. The van der Waals surface area contributed by atoms with Crippen LogP contribution < -0.4 is 4.74 Å². The van der Waals surface area contributed by atoms with Crippen molar-refractivity contribution in [1.82, 2.24) is 9.97 Å². The Morgan fingerprint density at radius 2 is 2.18 bits per heavy atom. The van der Waals surface area contributed by atoms with Gasteiger partial charge < -0.3 is 19.3 Å². The zero-order valence-corrected chi connectivity index (χ0v) is 12.2. The molecule has 22 heavy (non-hydrogen) atoms. The minimum Gasteiger partial charge on any atom is -0.481 e. The molecule has 1 atom stereocenters. The zero-order chi connectivity index (χ0) is 15.5. The van der Waals surface area contributed by atoms with E-state index in [1.807, 2.05) is 0 Å². The summed E-state index contributed by atoms with van der Waals surface area (Å²) < 4.78 is 29.9. The number of halogens is 1. The van der Waals surface area contributed by atoms with Crippen LogP contribution in [0.4, 0.5) is 4.39 Å². The summed E-state index contributed by atoms with van der Waals surface area (Å²) in [6.07, 6.45) is 0.209. The highest BCUT2D eigenvalue weighted by molar-refractivity contribution is 5.78. The van der Waals surface area contributed by atoms with E-state index in [2.05, 4.69) is 9.97 Å². The second-order valence-electron chi connectivity index (χ2n) is 5.04. The van der Waals surface area contributed by atoms with Crippen LogP contribution in [0.2, 0.25) is 0 Å². The summed E-state index contributed by atoms with van der Waals surface area (Å²) >= 11 is 0. The Morgan fingerprint density at radius 3 is 2.91 bits per heavy atom. The van der Waals surface area contributed by atoms with Gasteiger partial charge in [-0.2, -0.15) is 0 Å². The first-order valence-electron chi connectivity index (χ1n) is 7.08. The van der Waals surface area contributed by atoms with Gasteiger partial charge in [-0.15, -0.1) is 0 Å². The van der Waals surface area contributed by atoms with Crippen molar-refractivity contribution in [3.63, 3.8) is 0 Å². The van der Waals surface area contributed by atoms with Crippen molar-refractivity contribution in [2.75, 3.05) is 20.3 Å². The van der Waals surface area contributed by atoms with E-state index < -0.39 is 18.2 Å². The van der Waals surface area contributed by atoms with Crippen LogP contribution >= 0.6 is 0 Å². The summed E-state index contributed by atoms with van der Waals surface area (Å²) in [5.41, 5.74) is 1.18. The van der Waals surface area contributed by atoms with Gasteiger partial charge in [-0.3, -0.25) is 4.98 Å². The molecule has 1 aliphatic rings. The first-order chi connectivity index (χ1) is 10.7. The van der Waals surface area contributed by atoms with Crippen LogP contribution in [0, 0.1) is 5.82 Å². The number of aliphatic hydroxyl groups is 1. The lowest BCUT2D eigenvalue weighted by Gasteiger charge is -2.27. The Kier molecular flexibility index (Phi) is 4.47. The second-order valence-corrected chi connectivity index (χ2v) is 5.04. The van der Waals surface area contributed by atoms with E-state index in [9.17, 15) is 9.50 Å². The minimum absolute atomic E-state index is 0.0235. The summed E-state index contributed by atoms with van der Waals surface area (Å²) in [5, 5.41) is 10.2. The molecule has 1 N–H and O–H groups in total. The first-order valence-corrected chi connectivity index (χ1v) is 7.08. The van der Waals surface area contributed by atoms with Gasteiger partial charge in [0.15, 0.2) is 6.29 Å². The number of pyridine rings is 2. The van der Waals surface area contributed by atoms with E-state index in [1.165, 1.54) is 7.11 Å². The number of nitrogens with zero attached hydrogens (tertiary/aromatic N) is 2. The topological polar surface area (TPSA) is 73.7 Å². The molecule has 0 spiro atoms. The van der Waals surface area contributed by atoms with Gasteiger partial charge in [0.2, 0.25) is 5.88 Å². The van der Waals surface area contributed by atoms with Crippen molar-refractivity contribution in [3.8, 4) is 5.88 Å². The van der Waals surface area contributed by atoms with E-state index in [-0.39, 0.29) is 12.0 Å². The highest BCUT2D eigenvalue weighted by atomic mass is 19.1. The third-order valence-electron chi connectivity index (χ3n) is 3.53. The van der Waals surface area contributed by atoms with Crippen molar-refractivity contribution in [3.05, 3.63) is 29.7 Å². The third-order valence-corrected chi connectivity index (χ3v) is 3.53. The second kappa shape index (κ2) is 6.51. The molecule has 1 saturated heterocycles. The smallest absolute Gasteiger partial charge is 0.213 e. The number of aliphatic hydroxyl groups excluding tert-OH is 1. The molecule has 0 bridgehead atoms. The summed E-state index contributed by atoms with van der Waals surface area (Å²) in [6.45, 7) is 1.04. The molecule has 0 aromatic carbocycles. The average Bonchev–Trinajstić information content (AvgIpc) is 2.57. The minimum atomic E-state index is -0.978. The third kappa shape index (κ3) is 3.01. The van der Waals surface area contributed by atoms with Gasteiger partial charge in [0.05, 0.1) is 37.6 Å². The first kappa shape index (κ1) is 15.1. The number of hydrogen-bond donors (Lipinski definition) is 1. The van der Waals surface area contributed by atoms with Crippen LogP contribution in [0.25, 0.3) is 11.0 Å². The van der Waals surface area contributed by atoms with Gasteiger partial charge in [0.1, 0.15) is 11.9 Å². The summed E-state index contributed by atoms with van der Waals surface area (Å²) in [6, 6.07) is 3.35. The SMILES string of the molecule is COc1ccc2ncc(F)c(C[C@H](O)C3OCCCO3)c2n1. The highest BCUT2D eigenvalue weighted by Crippen LogP contribution is 2.23. The molecule has 1 aliphatic heterocycles. The molecule has 118 valence electrons. The maximum atomic E-state index is 14.1. The summed E-state index contributed by atoms with van der Waals surface area (Å²) in [5.74, 6) is -0.163. The lowest BCUT2D eigenvalue weighted by molar-refractivity contribution is -0.222. The van der Waals surface area contributed by atoms with Crippen LogP contribution in [-0.4, -0.2) is 47.8 Å². The lowest BCUT2D eigenvalue weighted by Crippen LogP contribution is -2.37. The Labute approximate surface area is 126 Å². The van der Waals surface area contributed by atoms with Crippen molar-refractivity contribution in [1.29, 1.82) is 0 Å². The number of hydrogen-bond acceptors (Lipinski definition) is 6. The Bertz CT molecular complexity index is 661. The predicted octanol–water partition coefficient (Wildman–Crippen LogP) is 1.44. The molecule has 6 nitrogen and oxygen atoms in total. The molecule has 2 aromatic heterocycles. The average molecular weight is 308 g/mol. The number of aromatic nitrogens is 2. The van der Waals surface area contributed by atoms with Gasteiger partial charge in [0.25, 0.3) is 0 Å². The molecule has 0 radical (unpaired) electrons. The molecule has 3 heterocycles. The van der Waals surface area contributed by atoms with Gasteiger partial charge in [-0.25, -0.2) is 9.37 Å². The fourth-order valence-electron chi connectivity index (χ4n) is 2.42. The van der Waals surface area contributed by atoms with E-state index >= 15 is 0 Å². The maximum Gasteiger partial charge on any atom is 0.213 e. The van der Waals surface area contributed by atoms with Crippen LogP contribution in [0.5, 0.6) is 5.88 Å². The molecular formula is C15H17FN2O4. The lowest BCUT2D eigenvalue weighted by atomic mass is 10.1. The number of rotatable bonds is 4.